The minimum absolute atomic E-state index is 0.0242. The van der Waals surface area contributed by atoms with Gasteiger partial charge in [-0.15, -0.1) is 0 Å². The highest BCUT2D eigenvalue weighted by Crippen LogP contribution is 2.35. The molecule has 0 fully saturated rings. The van der Waals surface area contributed by atoms with Crippen LogP contribution in [0.2, 0.25) is 20.1 Å². The number of benzene rings is 2. The second-order valence-corrected chi connectivity index (χ2v) is 9.24. The van der Waals surface area contributed by atoms with Gasteiger partial charge in [-0.05, 0) is 36.4 Å². The number of rotatable bonds is 4. The Balaban J connectivity index is 2.46. The van der Waals surface area contributed by atoms with Gasteiger partial charge in [0.25, 0.3) is 0 Å². The van der Waals surface area contributed by atoms with E-state index in [-0.39, 0.29) is 20.0 Å². The molecule has 0 radical (unpaired) electrons. The normalized spacial score (nSPS) is 12.3. The molecular weight excluding hydrogens is 428 g/mol. The van der Waals surface area contributed by atoms with Crippen LogP contribution in [0.1, 0.15) is 0 Å². The molecule has 0 amide bonds. The highest BCUT2D eigenvalue weighted by atomic mass is 35.5. The van der Waals surface area contributed by atoms with Gasteiger partial charge >= 0.3 is 0 Å². The van der Waals surface area contributed by atoms with Gasteiger partial charge in [-0.3, -0.25) is 0 Å². The Morgan fingerprint density at radius 3 is 1.78 bits per heavy atom. The van der Waals surface area contributed by atoms with E-state index in [0.29, 0.717) is 5.02 Å². The van der Waals surface area contributed by atoms with Crippen molar-refractivity contribution in [2.75, 3.05) is 0 Å². The Morgan fingerprint density at radius 1 is 0.696 bits per heavy atom. The lowest BCUT2D eigenvalue weighted by atomic mass is 10.4. The van der Waals surface area contributed by atoms with Crippen molar-refractivity contribution in [3.05, 3.63) is 60.6 Å². The zero-order valence-corrected chi connectivity index (χ0v) is 15.5. The molecule has 0 unspecified atom stereocenters. The first-order valence-electron chi connectivity index (χ1n) is 5.67. The Hall–Kier alpha value is -0.540. The quantitative estimate of drug-likeness (QED) is 0.651. The molecule has 0 N–H and O–H groups in total. The maximum atomic E-state index is 12.2. The van der Waals surface area contributed by atoms with Crippen molar-refractivity contribution < 1.29 is 16.8 Å². The van der Waals surface area contributed by atoms with Gasteiger partial charge in [0.15, 0.2) is 0 Å². The summed E-state index contributed by atoms with van der Waals surface area (Å²) in [7, 11) is -9.10. The van der Waals surface area contributed by atoms with E-state index in [0.717, 1.165) is 24.3 Å². The number of hydrogen-bond acceptors (Lipinski definition) is 4. The molecule has 2 aromatic carbocycles. The standard InChI is InChI=1S/C12H6Cl4NO4S2/c13-7-1-3-8(4-2-7)22(18,19)17-23(20,21)12-6-10(15)9(14)5-11(12)16/h1-6H/q-1. The fourth-order valence-corrected chi connectivity index (χ4v) is 5.30. The van der Waals surface area contributed by atoms with Crippen LogP contribution in [0.25, 0.3) is 4.13 Å². The summed E-state index contributed by atoms with van der Waals surface area (Å²) in [5, 5.41) is -0.0845. The first-order valence-corrected chi connectivity index (χ1v) is 10.1. The third-order valence-electron chi connectivity index (χ3n) is 2.56. The van der Waals surface area contributed by atoms with Crippen LogP contribution in [0.3, 0.4) is 0 Å². The minimum atomic E-state index is -4.62. The molecule has 0 aliphatic rings. The second-order valence-electron chi connectivity index (χ2n) is 4.18. The van der Waals surface area contributed by atoms with Gasteiger partial charge in [0.05, 0.1) is 20.0 Å². The van der Waals surface area contributed by atoms with Crippen LogP contribution >= 0.6 is 46.4 Å². The average Bonchev–Trinajstić information content (AvgIpc) is 2.42. The van der Waals surface area contributed by atoms with Gasteiger partial charge in [0.1, 0.15) is 20.0 Å². The molecule has 0 heterocycles. The van der Waals surface area contributed by atoms with Crippen LogP contribution in [0.15, 0.2) is 46.2 Å². The first kappa shape index (κ1) is 18.8. The Labute approximate surface area is 153 Å². The Bertz CT molecular complexity index is 957. The molecule has 0 atom stereocenters. The summed E-state index contributed by atoms with van der Waals surface area (Å²) in [6.07, 6.45) is 0. The van der Waals surface area contributed by atoms with Gasteiger partial charge in [0.2, 0.25) is 0 Å². The molecule has 11 heteroatoms. The van der Waals surface area contributed by atoms with Crippen LogP contribution in [0.4, 0.5) is 0 Å². The summed E-state index contributed by atoms with van der Waals surface area (Å²) >= 11 is 22.9. The van der Waals surface area contributed by atoms with Crippen LogP contribution in [-0.4, -0.2) is 16.8 Å². The predicted octanol–water partition coefficient (Wildman–Crippen LogP) is 4.75. The Morgan fingerprint density at radius 2 is 1.22 bits per heavy atom. The van der Waals surface area contributed by atoms with E-state index in [1.807, 2.05) is 0 Å². The van der Waals surface area contributed by atoms with E-state index in [1.165, 1.54) is 12.1 Å². The molecule has 0 bridgehead atoms. The van der Waals surface area contributed by atoms with Gasteiger partial charge in [0, 0.05) is 9.92 Å². The smallest absolute Gasteiger partial charge is 0.114 e. The Kier molecular flexibility index (Phi) is 5.52. The highest BCUT2D eigenvalue weighted by molar-refractivity contribution is 8.12. The molecule has 5 nitrogen and oxygen atoms in total. The summed E-state index contributed by atoms with van der Waals surface area (Å²) in [5.74, 6) is 0. The molecule has 23 heavy (non-hydrogen) atoms. The minimum Gasteiger partial charge on any atom is -0.428 e. The molecule has 0 aromatic heterocycles. The van der Waals surface area contributed by atoms with Crippen LogP contribution in [0.5, 0.6) is 0 Å². The van der Waals surface area contributed by atoms with E-state index < -0.39 is 24.9 Å². The number of hydrogen-bond donors (Lipinski definition) is 0. The number of halogens is 4. The van der Waals surface area contributed by atoms with E-state index in [1.54, 1.807) is 0 Å². The molecule has 0 aliphatic heterocycles. The lowest BCUT2D eigenvalue weighted by Gasteiger charge is -2.21. The summed E-state index contributed by atoms with van der Waals surface area (Å²) in [6, 6.07) is 6.87. The topological polar surface area (TPSA) is 82.4 Å². The van der Waals surface area contributed by atoms with Crippen LogP contribution in [0, 0.1) is 0 Å². The van der Waals surface area contributed by atoms with E-state index in [9.17, 15) is 16.8 Å². The van der Waals surface area contributed by atoms with Crippen molar-refractivity contribution in [3.8, 4) is 0 Å². The maximum Gasteiger partial charge on any atom is 0.114 e. The molecule has 124 valence electrons. The number of nitrogens with zero attached hydrogens (tertiary/aromatic N) is 1. The molecule has 2 rings (SSSR count). The van der Waals surface area contributed by atoms with Crippen LogP contribution in [-0.2, 0) is 20.0 Å². The van der Waals surface area contributed by atoms with Gasteiger partial charge in [-0.25, -0.2) is 16.8 Å². The van der Waals surface area contributed by atoms with Crippen molar-refractivity contribution in [1.82, 2.24) is 0 Å². The molecule has 0 spiro atoms. The second kappa shape index (κ2) is 6.76. The molecule has 0 aliphatic carbocycles. The molecular formula is C12H6Cl4NO4S2-. The van der Waals surface area contributed by atoms with Crippen molar-refractivity contribution in [3.63, 3.8) is 0 Å². The van der Waals surface area contributed by atoms with Crippen LogP contribution < -0.4 is 0 Å². The molecule has 2 aromatic rings. The maximum absolute atomic E-state index is 12.2. The van der Waals surface area contributed by atoms with E-state index >= 15 is 0 Å². The zero-order chi connectivity index (χ0) is 17.4. The molecule has 0 saturated heterocycles. The monoisotopic (exact) mass is 432 g/mol. The molecule has 0 saturated carbocycles. The van der Waals surface area contributed by atoms with Crippen molar-refractivity contribution in [1.29, 1.82) is 0 Å². The zero-order valence-electron chi connectivity index (χ0n) is 10.9. The van der Waals surface area contributed by atoms with Crippen molar-refractivity contribution in [2.45, 2.75) is 9.79 Å². The summed E-state index contributed by atoms with van der Waals surface area (Å²) < 4.78 is 51.6. The predicted molar refractivity (Wildman–Crippen MR) is 90.7 cm³/mol. The SMILES string of the molecule is O=S(=O)([N-]S(=O)(=O)c1cc(Cl)c(Cl)cc1Cl)c1ccc(Cl)cc1. The van der Waals surface area contributed by atoms with Crippen molar-refractivity contribution in [2.24, 2.45) is 0 Å². The third-order valence-corrected chi connectivity index (χ3v) is 7.29. The fourth-order valence-electron chi connectivity index (χ4n) is 1.52. The first-order chi connectivity index (χ1) is 10.5. The number of sulfonamides is 2. The lowest BCUT2D eigenvalue weighted by Crippen LogP contribution is -2.08. The average molecular weight is 434 g/mol. The lowest BCUT2D eigenvalue weighted by molar-refractivity contribution is 0.595. The summed E-state index contributed by atoms with van der Waals surface area (Å²) in [6.45, 7) is 0. The summed E-state index contributed by atoms with van der Waals surface area (Å²) in [5.41, 5.74) is 0. The van der Waals surface area contributed by atoms with Crippen molar-refractivity contribution >= 4 is 66.5 Å². The largest absolute Gasteiger partial charge is 0.428 e. The highest BCUT2D eigenvalue weighted by Gasteiger charge is 2.18. The van der Waals surface area contributed by atoms with Gasteiger partial charge in [-0.1, -0.05) is 46.4 Å². The fraction of sp³-hybridized carbons (Fsp3) is 0. The van der Waals surface area contributed by atoms with Gasteiger partial charge < -0.3 is 4.13 Å². The third kappa shape index (κ3) is 4.30. The van der Waals surface area contributed by atoms with E-state index in [4.69, 9.17) is 46.4 Å². The van der Waals surface area contributed by atoms with E-state index in [2.05, 4.69) is 4.13 Å². The summed E-state index contributed by atoms with van der Waals surface area (Å²) in [4.78, 5) is -0.896. The van der Waals surface area contributed by atoms with Gasteiger partial charge in [-0.2, -0.15) is 0 Å².